The van der Waals surface area contributed by atoms with Crippen molar-refractivity contribution in [1.82, 2.24) is 0 Å². The van der Waals surface area contributed by atoms with Gasteiger partial charge in [-0.25, -0.2) is 0 Å². The van der Waals surface area contributed by atoms with Crippen molar-refractivity contribution in [2.24, 2.45) is 0 Å². The molecule has 0 aliphatic heterocycles. The number of rotatable bonds is 5. The first-order valence-corrected chi connectivity index (χ1v) is 9.93. The molecule has 1 N–H and O–H groups in total. The second-order valence-electron chi connectivity index (χ2n) is 2.85. The van der Waals surface area contributed by atoms with Crippen molar-refractivity contribution < 1.29 is 77.4 Å². The van der Waals surface area contributed by atoms with Crippen LogP contribution in [0.4, 0.5) is 0 Å². The number of hydrogen-bond donors (Lipinski definition) is 1. The molecule has 1 aromatic rings. The van der Waals surface area contributed by atoms with Gasteiger partial charge in [0, 0.05) is 0 Å². The van der Waals surface area contributed by atoms with Crippen LogP contribution in [0.3, 0.4) is 0 Å². The maximum atomic E-state index is 9.29. The fourth-order valence-corrected chi connectivity index (χ4v) is 1.81. The zero-order valence-corrected chi connectivity index (χ0v) is 18.7. The van der Waals surface area contributed by atoms with E-state index in [4.69, 9.17) is 5.11 Å². The second kappa shape index (κ2) is 19.1. The largest absolute Gasteiger partial charge is 4.00 e. The molecule has 0 heterocycles. The molecule has 4 unspecified atom stereocenters. The molecule has 0 amide bonds. The molecule has 0 saturated heterocycles. The van der Waals surface area contributed by atoms with Crippen LogP contribution in [-0.2, 0) is 59.3 Å². The Morgan fingerprint density at radius 3 is 1.22 bits per heavy atom. The molecule has 4 atom stereocenters. The minimum absolute atomic E-state index is 0. The fourth-order valence-electron chi connectivity index (χ4n) is 0.720. The number of aliphatic hydroxyl groups is 1. The maximum Gasteiger partial charge on any atom is 4.00 e. The summed E-state index contributed by atoms with van der Waals surface area (Å²) in [6.07, 6.45) is 0. The van der Waals surface area contributed by atoms with Crippen molar-refractivity contribution in [3.63, 3.8) is 0 Å². The molecular weight excluding hydrogens is 562 g/mol. The Morgan fingerprint density at radius 2 is 1.09 bits per heavy atom. The number of aliphatic hydroxyl groups excluding tert-OH is 1. The maximum absolute atomic E-state index is 9.29. The van der Waals surface area contributed by atoms with E-state index in [0.29, 0.717) is 0 Å². The average molecular weight is 575 g/mol. The van der Waals surface area contributed by atoms with E-state index in [1.54, 1.807) is 0 Å². The van der Waals surface area contributed by atoms with Gasteiger partial charge in [0.05, 0.1) is 6.61 Å². The van der Waals surface area contributed by atoms with Crippen LogP contribution in [-0.4, -0.2) is 5.11 Å². The molecule has 1 rings (SSSR count). The Morgan fingerprint density at radius 1 is 0.783 bits per heavy atom. The summed E-state index contributed by atoms with van der Waals surface area (Å²) in [4.78, 5) is 37.1. The van der Waals surface area contributed by atoms with E-state index in [1.165, 1.54) is 0 Å². The minimum Gasteiger partial charge on any atom is -0.781 e. The van der Waals surface area contributed by atoms with Crippen molar-refractivity contribution in [1.29, 1.82) is 0 Å². The molecule has 0 aromatic heterocycles. The van der Waals surface area contributed by atoms with Crippen LogP contribution < -0.4 is 19.6 Å². The smallest absolute Gasteiger partial charge is 0.781 e. The van der Waals surface area contributed by atoms with Gasteiger partial charge in [0.25, 0.3) is 0 Å². The van der Waals surface area contributed by atoms with Gasteiger partial charge in [-0.1, -0.05) is 30.3 Å². The van der Waals surface area contributed by atoms with Gasteiger partial charge < -0.3 is 42.9 Å². The van der Waals surface area contributed by atoms with Gasteiger partial charge in [-0.3, -0.25) is 8.62 Å². The van der Waals surface area contributed by atoms with Crippen LogP contribution in [0.2, 0.25) is 0 Å². The summed E-state index contributed by atoms with van der Waals surface area (Å²) in [5.41, 5.74) is 0.965. The van der Waals surface area contributed by atoms with E-state index in [-0.39, 0.29) is 32.5 Å². The van der Waals surface area contributed by atoms with Gasteiger partial charge in [-0.15, -0.1) is 0 Å². The standard InChI is InChI=1S/C7H8O.Hf.2H4O5P2/c8-6-7-4-2-1-3-5-7;;2*1-6(2)5-7(3)4/h1-5,8H,6H2;;2*6-7H,(H,1,2)(H,3,4)/q;+4;;/p-4. The first-order chi connectivity index (χ1) is 10.2. The Bertz CT molecular complexity index is 448. The molecule has 0 radical (unpaired) electrons. The average Bonchev–Trinajstić information content (AvgIpc) is 2.38. The predicted octanol–water partition coefficient (Wildman–Crippen LogP) is -1.82. The van der Waals surface area contributed by atoms with Gasteiger partial charge >= 0.3 is 25.8 Å². The van der Waals surface area contributed by atoms with Crippen LogP contribution in [0.1, 0.15) is 5.56 Å². The zero-order valence-electron chi connectivity index (χ0n) is 11.1. The molecular formula is C7H12HfO11P4. The number of benzene rings is 1. The summed E-state index contributed by atoms with van der Waals surface area (Å²) in [7, 11) is -14.1. The second-order valence-corrected chi connectivity index (χ2v) is 6.48. The Labute approximate surface area is 152 Å². The molecule has 0 saturated carbocycles. The fraction of sp³-hybridized carbons (Fsp3) is 0.143. The van der Waals surface area contributed by atoms with E-state index in [2.05, 4.69) is 8.62 Å². The van der Waals surface area contributed by atoms with Gasteiger partial charge in [-0.2, -0.15) is 0 Å². The Hall–Kier alpha value is 0.730. The predicted molar refractivity (Wildman–Crippen MR) is 70.5 cm³/mol. The molecule has 0 spiro atoms. The molecule has 11 nitrogen and oxygen atoms in total. The van der Waals surface area contributed by atoms with E-state index in [1.807, 2.05) is 30.3 Å². The quantitative estimate of drug-likeness (QED) is 0.307. The van der Waals surface area contributed by atoms with Crippen molar-refractivity contribution in [2.75, 3.05) is 0 Å². The summed E-state index contributed by atoms with van der Waals surface area (Å²) in [6, 6.07) is 9.52. The molecule has 130 valence electrons. The SMILES string of the molecule is O=[PH]([O-])O[PH](=O)[O-].O=[PH]([O-])O[PH](=O)[O-].OCc1ccccc1.[Hf+4]. The summed E-state index contributed by atoms with van der Waals surface area (Å²) in [5, 5.41) is 8.54. The summed E-state index contributed by atoms with van der Waals surface area (Å²) in [6.45, 7) is 0.140. The van der Waals surface area contributed by atoms with E-state index >= 15 is 0 Å². The minimum atomic E-state index is -3.51. The van der Waals surface area contributed by atoms with Crippen molar-refractivity contribution in [2.45, 2.75) is 6.61 Å². The molecule has 0 aliphatic carbocycles. The van der Waals surface area contributed by atoms with Crippen LogP contribution in [0.25, 0.3) is 0 Å². The van der Waals surface area contributed by atoms with Crippen molar-refractivity contribution in [3.8, 4) is 0 Å². The van der Waals surface area contributed by atoms with Crippen LogP contribution in [0.5, 0.6) is 0 Å². The van der Waals surface area contributed by atoms with Crippen molar-refractivity contribution >= 4 is 33.0 Å². The van der Waals surface area contributed by atoms with Crippen LogP contribution in [0, 0.1) is 0 Å². The zero-order chi connectivity index (χ0) is 17.5. The summed E-state index contributed by atoms with van der Waals surface area (Å²) >= 11 is 0. The van der Waals surface area contributed by atoms with Crippen molar-refractivity contribution in [3.05, 3.63) is 35.9 Å². The van der Waals surface area contributed by atoms with Crippen LogP contribution in [0.15, 0.2) is 30.3 Å². The van der Waals surface area contributed by atoms with Gasteiger partial charge in [0.1, 0.15) is 33.0 Å². The molecule has 23 heavy (non-hydrogen) atoms. The molecule has 0 aliphatic rings. The number of hydrogen-bond acceptors (Lipinski definition) is 11. The third-order valence-electron chi connectivity index (χ3n) is 1.36. The molecule has 16 heteroatoms. The van der Waals surface area contributed by atoms with E-state index < -0.39 is 33.0 Å². The first-order valence-electron chi connectivity index (χ1n) is 5.03. The van der Waals surface area contributed by atoms with Gasteiger partial charge in [0.15, 0.2) is 0 Å². The molecule has 0 fully saturated rings. The van der Waals surface area contributed by atoms with E-state index in [0.717, 1.165) is 5.56 Å². The first kappa shape index (κ1) is 28.5. The third-order valence-corrected chi connectivity index (χ3v) is 4.03. The Balaban J connectivity index is -0.000000257. The topological polar surface area (TPSA) is 199 Å². The summed E-state index contributed by atoms with van der Waals surface area (Å²) in [5.74, 6) is 0. The van der Waals surface area contributed by atoms with E-state index in [9.17, 15) is 37.8 Å². The van der Waals surface area contributed by atoms with Crippen LogP contribution >= 0.6 is 33.0 Å². The molecule has 1 aromatic carbocycles. The summed E-state index contributed by atoms with van der Waals surface area (Å²) < 4.78 is 43.6. The van der Waals surface area contributed by atoms with Gasteiger partial charge in [0.2, 0.25) is 0 Å². The third kappa shape index (κ3) is 27.8. The normalized spacial score (nSPS) is 14.5. The van der Waals surface area contributed by atoms with Gasteiger partial charge in [-0.05, 0) is 5.56 Å². The monoisotopic (exact) mass is 576 g/mol. The molecule has 0 bridgehead atoms. The Kier molecular flexibility index (Phi) is 23.6.